The SMILES string of the molecule is COc1cccc(C)c1-c1cc2ccccc2c2c1CCC2. The van der Waals surface area contributed by atoms with Crippen LogP contribution in [0.1, 0.15) is 23.1 Å². The van der Waals surface area contributed by atoms with Gasteiger partial charge in [0.1, 0.15) is 5.75 Å². The van der Waals surface area contributed by atoms with E-state index in [1.807, 2.05) is 0 Å². The van der Waals surface area contributed by atoms with Gasteiger partial charge in [-0.1, -0.05) is 36.4 Å². The van der Waals surface area contributed by atoms with E-state index in [0.717, 1.165) is 5.75 Å². The third kappa shape index (κ3) is 1.93. The van der Waals surface area contributed by atoms with E-state index in [1.54, 1.807) is 12.7 Å². The van der Waals surface area contributed by atoms with E-state index in [4.69, 9.17) is 4.74 Å². The van der Waals surface area contributed by atoms with E-state index < -0.39 is 0 Å². The zero-order chi connectivity index (χ0) is 15.1. The fraction of sp³-hybridized carbons (Fsp3) is 0.238. The molecule has 0 N–H and O–H groups in total. The Kier molecular flexibility index (Phi) is 3.15. The van der Waals surface area contributed by atoms with Gasteiger partial charge in [-0.3, -0.25) is 0 Å². The molecular formula is C21H20O. The van der Waals surface area contributed by atoms with Gasteiger partial charge in [-0.05, 0) is 71.3 Å². The molecule has 1 aliphatic carbocycles. The number of fused-ring (bicyclic) bond motifs is 3. The van der Waals surface area contributed by atoms with Crippen LogP contribution in [0.4, 0.5) is 0 Å². The Balaban J connectivity index is 2.09. The molecule has 3 aromatic rings. The van der Waals surface area contributed by atoms with Gasteiger partial charge in [0, 0.05) is 5.56 Å². The first kappa shape index (κ1) is 13.4. The minimum atomic E-state index is 0.976. The summed E-state index contributed by atoms with van der Waals surface area (Å²) in [6.07, 6.45) is 3.62. The number of aryl methyl sites for hydroxylation is 2. The van der Waals surface area contributed by atoms with E-state index >= 15 is 0 Å². The second kappa shape index (κ2) is 5.17. The monoisotopic (exact) mass is 288 g/mol. The summed E-state index contributed by atoms with van der Waals surface area (Å²) in [5.41, 5.74) is 6.96. The molecule has 0 aromatic heterocycles. The van der Waals surface area contributed by atoms with E-state index in [0.29, 0.717) is 0 Å². The Morgan fingerprint density at radius 3 is 2.59 bits per heavy atom. The summed E-state index contributed by atoms with van der Waals surface area (Å²) < 4.78 is 5.65. The highest BCUT2D eigenvalue weighted by atomic mass is 16.5. The van der Waals surface area contributed by atoms with E-state index in [2.05, 4.69) is 55.5 Å². The molecule has 3 aromatic carbocycles. The van der Waals surface area contributed by atoms with Crippen molar-refractivity contribution in [3.8, 4) is 16.9 Å². The molecule has 1 aliphatic rings. The van der Waals surface area contributed by atoms with Crippen LogP contribution in [0.15, 0.2) is 48.5 Å². The van der Waals surface area contributed by atoms with Crippen molar-refractivity contribution >= 4 is 10.8 Å². The van der Waals surface area contributed by atoms with Crippen molar-refractivity contribution in [2.75, 3.05) is 7.11 Å². The average molecular weight is 288 g/mol. The highest BCUT2D eigenvalue weighted by Crippen LogP contribution is 2.42. The van der Waals surface area contributed by atoms with Crippen LogP contribution in [0.5, 0.6) is 5.75 Å². The molecule has 1 heteroatoms. The van der Waals surface area contributed by atoms with E-state index in [1.165, 1.54) is 52.3 Å². The quantitative estimate of drug-likeness (QED) is 0.620. The van der Waals surface area contributed by atoms with Gasteiger partial charge in [-0.2, -0.15) is 0 Å². The lowest BCUT2D eigenvalue weighted by atomic mass is 9.89. The van der Waals surface area contributed by atoms with Gasteiger partial charge in [0.15, 0.2) is 0 Å². The minimum Gasteiger partial charge on any atom is -0.496 e. The maximum atomic E-state index is 5.65. The Morgan fingerprint density at radius 1 is 0.909 bits per heavy atom. The molecule has 0 saturated carbocycles. The van der Waals surface area contributed by atoms with E-state index in [9.17, 15) is 0 Å². The van der Waals surface area contributed by atoms with Gasteiger partial charge in [-0.25, -0.2) is 0 Å². The summed E-state index contributed by atoms with van der Waals surface area (Å²) in [6.45, 7) is 2.17. The molecule has 0 spiro atoms. The number of benzene rings is 3. The zero-order valence-corrected chi connectivity index (χ0v) is 13.1. The lowest BCUT2D eigenvalue weighted by Crippen LogP contribution is -1.96. The van der Waals surface area contributed by atoms with Crippen LogP contribution < -0.4 is 4.74 Å². The van der Waals surface area contributed by atoms with Gasteiger partial charge < -0.3 is 4.74 Å². The number of hydrogen-bond acceptors (Lipinski definition) is 1. The molecule has 0 aliphatic heterocycles. The minimum absolute atomic E-state index is 0.976. The van der Waals surface area contributed by atoms with Gasteiger partial charge in [0.2, 0.25) is 0 Å². The second-order valence-corrected chi connectivity index (χ2v) is 6.11. The van der Waals surface area contributed by atoms with Gasteiger partial charge in [-0.15, -0.1) is 0 Å². The summed E-state index contributed by atoms with van der Waals surface area (Å²) in [6, 6.07) is 17.4. The van der Waals surface area contributed by atoms with Crippen molar-refractivity contribution in [2.45, 2.75) is 26.2 Å². The molecule has 0 saturated heterocycles. The Hall–Kier alpha value is -2.28. The fourth-order valence-electron chi connectivity index (χ4n) is 3.86. The summed E-state index contributed by atoms with van der Waals surface area (Å²) in [5, 5.41) is 2.76. The standard InChI is InChI=1S/C21H20O/c1-14-7-5-12-20(22-2)21(14)19-13-15-8-3-4-9-16(15)17-10-6-11-18(17)19/h3-5,7-9,12-13H,6,10-11H2,1-2H3. The molecule has 0 radical (unpaired) electrons. The largest absolute Gasteiger partial charge is 0.496 e. The van der Waals surface area contributed by atoms with Crippen molar-refractivity contribution < 1.29 is 4.74 Å². The number of ether oxygens (including phenoxy) is 1. The number of hydrogen-bond donors (Lipinski definition) is 0. The molecule has 0 heterocycles. The summed E-state index contributed by atoms with van der Waals surface area (Å²) >= 11 is 0. The van der Waals surface area contributed by atoms with Crippen LogP contribution in [0.3, 0.4) is 0 Å². The lowest BCUT2D eigenvalue weighted by molar-refractivity contribution is 0.416. The first-order valence-electron chi connectivity index (χ1n) is 7.97. The highest BCUT2D eigenvalue weighted by molar-refractivity contribution is 5.94. The molecular weight excluding hydrogens is 268 g/mol. The number of methoxy groups -OCH3 is 1. The van der Waals surface area contributed by atoms with Crippen molar-refractivity contribution in [3.63, 3.8) is 0 Å². The molecule has 110 valence electrons. The fourth-order valence-corrected chi connectivity index (χ4v) is 3.86. The first-order chi connectivity index (χ1) is 10.8. The summed E-state index contributed by atoms with van der Waals surface area (Å²) in [4.78, 5) is 0. The predicted octanol–water partition coefficient (Wildman–Crippen LogP) is 5.31. The Bertz CT molecular complexity index is 861. The third-order valence-electron chi connectivity index (χ3n) is 4.85. The lowest BCUT2D eigenvalue weighted by Gasteiger charge is -2.17. The molecule has 0 bridgehead atoms. The zero-order valence-electron chi connectivity index (χ0n) is 13.1. The Morgan fingerprint density at radius 2 is 1.73 bits per heavy atom. The van der Waals surface area contributed by atoms with Crippen LogP contribution in [0.25, 0.3) is 21.9 Å². The molecule has 1 nitrogen and oxygen atoms in total. The molecule has 0 atom stereocenters. The molecule has 4 rings (SSSR count). The average Bonchev–Trinajstić information content (AvgIpc) is 3.04. The van der Waals surface area contributed by atoms with Crippen LogP contribution >= 0.6 is 0 Å². The first-order valence-corrected chi connectivity index (χ1v) is 7.97. The Labute approximate surface area is 131 Å². The van der Waals surface area contributed by atoms with Crippen molar-refractivity contribution in [2.24, 2.45) is 0 Å². The van der Waals surface area contributed by atoms with Crippen LogP contribution in [-0.4, -0.2) is 7.11 Å². The summed E-state index contributed by atoms with van der Waals surface area (Å²) in [5.74, 6) is 0.976. The summed E-state index contributed by atoms with van der Waals surface area (Å²) in [7, 11) is 1.76. The normalized spacial score (nSPS) is 13.4. The van der Waals surface area contributed by atoms with Crippen LogP contribution in [0, 0.1) is 6.92 Å². The highest BCUT2D eigenvalue weighted by Gasteiger charge is 2.21. The van der Waals surface area contributed by atoms with Gasteiger partial charge >= 0.3 is 0 Å². The maximum absolute atomic E-state index is 5.65. The van der Waals surface area contributed by atoms with Crippen LogP contribution in [-0.2, 0) is 12.8 Å². The maximum Gasteiger partial charge on any atom is 0.126 e. The number of rotatable bonds is 2. The second-order valence-electron chi connectivity index (χ2n) is 6.11. The van der Waals surface area contributed by atoms with Crippen molar-refractivity contribution in [1.29, 1.82) is 0 Å². The van der Waals surface area contributed by atoms with Crippen molar-refractivity contribution in [3.05, 3.63) is 65.2 Å². The molecule has 0 amide bonds. The third-order valence-corrected chi connectivity index (χ3v) is 4.85. The van der Waals surface area contributed by atoms with E-state index in [-0.39, 0.29) is 0 Å². The van der Waals surface area contributed by atoms with Gasteiger partial charge in [0.25, 0.3) is 0 Å². The van der Waals surface area contributed by atoms with Gasteiger partial charge in [0.05, 0.1) is 7.11 Å². The molecule has 0 fully saturated rings. The van der Waals surface area contributed by atoms with Crippen LogP contribution in [0.2, 0.25) is 0 Å². The molecule has 22 heavy (non-hydrogen) atoms. The predicted molar refractivity (Wildman–Crippen MR) is 92.7 cm³/mol. The smallest absolute Gasteiger partial charge is 0.126 e. The topological polar surface area (TPSA) is 9.23 Å². The molecule has 0 unspecified atom stereocenters. The van der Waals surface area contributed by atoms with Crippen molar-refractivity contribution in [1.82, 2.24) is 0 Å².